The first-order valence-corrected chi connectivity index (χ1v) is 14.2. The Hall–Kier alpha value is -0.310. The summed E-state index contributed by atoms with van der Waals surface area (Å²) in [5.74, 6) is 0. The molecule has 0 saturated heterocycles. The molecule has 0 aliphatic heterocycles. The summed E-state index contributed by atoms with van der Waals surface area (Å²) >= 11 is 0. The highest BCUT2D eigenvalue weighted by atomic mass is 31.2. The number of unbranched alkanes of at least 4 members (excludes halogenated alkanes) is 10. The molecule has 0 amide bonds. The summed E-state index contributed by atoms with van der Waals surface area (Å²) in [5, 5.41) is 9.82. The zero-order chi connectivity index (χ0) is 24.6. The van der Waals surface area contributed by atoms with Crippen LogP contribution in [0.5, 0.6) is 0 Å². The van der Waals surface area contributed by atoms with Gasteiger partial charge in [-0.25, -0.2) is 4.57 Å². The summed E-state index contributed by atoms with van der Waals surface area (Å²) in [5.41, 5.74) is 5.20. The van der Waals surface area contributed by atoms with Crippen LogP contribution in [-0.4, -0.2) is 62.3 Å². The summed E-state index contributed by atoms with van der Waals surface area (Å²) < 4.78 is 31.7. The van der Waals surface area contributed by atoms with Gasteiger partial charge in [0.1, 0.15) is 6.10 Å². The van der Waals surface area contributed by atoms with E-state index in [1.165, 1.54) is 57.8 Å². The van der Waals surface area contributed by atoms with Gasteiger partial charge in [0.15, 0.2) is 0 Å². The molecule has 0 fully saturated rings. The number of aliphatic hydroxyl groups excluding tert-OH is 1. The average molecular weight is 496 g/mol. The number of phosphoric ester groups is 1. The molecule has 0 aliphatic carbocycles. The Bertz CT molecular complexity index is 493. The van der Waals surface area contributed by atoms with Crippen molar-refractivity contribution in [3.63, 3.8) is 0 Å². The molecule has 4 N–H and O–H groups in total. The van der Waals surface area contributed by atoms with Gasteiger partial charge in [0.05, 0.1) is 32.5 Å². The van der Waals surface area contributed by atoms with E-state index in [-0.39, 0.29) is 32.5 Å². The Morgan fingerprint density at radius 2 is 1.48 bits per heavy atom. The largest absolute Gasteiger partial charge is 0.472 e. The molecule has 0 spiro atoms. The maximum Gasteiger partial charge on any atom is 0.472 e. The molecular weight excluding hydrogens is 445 g/mol. The molecular formula is C24H50NO7P. The zero-order valence-corrected chi connectivity index (χ0v) is 21.9. The van der Waals surface area contributed by atoms with E-state index in [0.717, 1.165) is 25.7 Å². The first-order valence-electron chi connectivity index (χ1n) is 12.7. The molecule has 0 aromatic carbocycles. The van der Waals surface area contributed by atoms with Crippen molar-refractivity contribution in [2.24, 2.45) is 5.73 Å². The second-order valence-electron chi connectivity index (χ2n) is 8.45. The molecule has 3 atom stereocenters. The fourth-order valence-electron chi connectivity index (χ4n) is 3.31. The molecule has 0 aromatic rings. The molecule has 0 bridgehead atoms. The normalized spacial score (nSPS) is 15.7. The number of hydrogen-bond acceptors (Lipinski definition) is 7. The van der Waals surface area contributed by atoms with Crippen molar-refractivity contribution < 1.29 is 33.1 Å². The molecule has 0 heterocycles. The lowest BCUT2D eigenvalue weighted by molar-refractivity contribution is -0.0384. The van der Waals surface area contributed by atoms with Crippen LogP contribution in [0.2, 0.25) is 0 Å². The number of phosphoric acid groups is 1. The van der Waals surface area contributed by atoms with Gasteiger partial charge in [-0.15, -0.1) is 0 Å². The minimum Gasteiger partial charge on any atom is -0.388 e. The predicted molar refractivity (Wildman–Crippen MR) is 133 cm³/mol. The van der Waals surface area contributed by atoms with E-state index < -0.39 is 13.9 Å². The molecule has 9 heteroatoms. The number of methoxy groups -OCH3 is 1. The SMILES string of the molecule is CCCCCCCCCCC/C=C\CCCC(COC[C@@H](O)COP(=O)(O)OCCN)OC. The topological polar surface area (TPSA) is 120 Å². The quantitative estimate of drug-likeness (QED) is 0.0907. The Labute approximate surface area is 201 Å². The van der Waals surface area contributed by atoms with E-state index in [0.29, 0.717) is 6.61 Å². The molecule has 0 aromatic heterocycles. The van der Waals surface area contributed by atoms with E-state index in [1.54, 1.807) is 7.11 Å². The standard InChI is InChI=1S/C24H50NO7P/c1-3-4-5-6-7-8-9-10-11-12-13-14-15-16-17-24(29-2)22-30-20-23(26)21-32-33(27,28)31-19-18-25/h13-14,23-24,26H,3-12,15-22,25H2,1-2H3,(H,27,28)/b14-13-/t23-,24?/m1/s1. The number of nitrogens with two attached hydrogens (primary N) is 1. The number of hydrogen-bond donors (Lipinski definition) is 3. The molecule has 8 nitrogen and oxygen atoms in total. The van der Waals surface area contributed by atoms with Gasteiger partial charge in [0.2, 0.25) is 0 Å². The smallest absolute Gasteiger partial charge is 0.388 e. The second kappa shape index (κ2) is 23.4. The van der Waals surface area contributed by atoms with Crippen LogP contribution in [-0.2, 0) is 23.1 Å². The molecule has 0 rings (SSSR count). The van der Waals surface area contributed by atoms with Crippen LogP contribution in [0.4, 0.5) is 0 Å². The number of ether oxygens (including phenoxy) is 2. The van der Waals surface area contributed by atoms with Crippen LogP contribution in [0.3, 0.4) is 0 Å². The van der Waals surface area contributed by atoms with Gasteiger partial charge in [0, 0.05) is 13.7 Å². The zero-order valence-electron chi connectivity index (χ0n) is 21.0. The van der Waals surface area contributed by atoms with Crippen LogP contribution in [0.25, 0.3) is 0 Å². The molecule has 2 unspecified atom stereocenters. The lowest BCUT2D eigenvalue weighted by Crippen LogP contribution is -2.25. The lowest BCUT2D eigenvalue weighted by atomic mass is 10.1. The van der Waals surface area contributed by atoms with Crippen LogP contribution in [0.15, 0.2) is 12.2 Å². The van der Waals surface area contributed by atoms with Crippen LogP contribution in [0.1, 0.15) is 90.4 Å². The Kier molecular flexibility index (Phi) is 23.2. The fraction of sp³-hybridized carbons (Fsp3) is 0.917. The van der Waals surface area contributed by atoms with Crippen LogP contribution < -0.4 is 5.73 Å². The monoisotopic (exact) mass is 495 g/mol. The average Bonchev–Trinajstić information content (AvgIpc) is 2.80. The fourth-order valence-corrected chi connectivity index (χ4v) is 4.08. The number of aliphatic hydroxyl groups is 1. The van der Waals surface area contributed by atoms with Crippen molar-refractivity contribution in [3.8, 4) is 0 Å². The second-order valence-corrected chi connectivity index (χ2v) is 9.91. The first kappa shape index (κ1) is 32.7. The van der Waals surface area contributed by atoms with Crippen molar-refractivity contribution in [1.82, 2.24) is 0 Å². The summed E-state index contributed by atoms with van der Waals surface area (Å²) in [6.45, 7) is 2.23. The van der Waals surface area contributed by atoms with Crippen molar-refractivity contribution >= 4 is 7.82 Å². The van der Waals surface area contributed by atoms with E-state index in [2.05, 4.69) is 23.6 Å². The van der Waals surface area contributed by atoms with Gasteiger partial charge in [-0.3, -0.25) is 9.05 Å². The summed E-state index contributed by atoms with van der Waals surface area (Å²) in [6, 6.07) is 0. The van der Waals surface area contributed by atoms with Crippen LogP contribution in [0, 0.1) is 0 Å². The van der Waals surface area contributed by atoms with Gasteiger partial charge < -0.3 is 25.2 Å². The molecule has 0 radical (unpaired) electrons. The van der Waals surface area contributed by atoms with E-state index in [9.17, 15) is 14.6 Å². The van der Waals surface area contributed by atoms with E-state index in [1.807, 2.05) is 0 Å². The molecule has 0 saturated carbocycles. The Morgan fingerprint density at radius 1 is 0.879 bits per heavy atom. The third kappa shape index (κ3) is 23.2. The van der Waals surface area contributed by atoms with E-state index in [4.69, 9.17) is 19.7 Å². The van der Waals surface area contributed by atoms with Crippen molar-refractivity contribution in [2.75, 3.05) is 40.1 Å². The minimum atomic E-state index is -4.19. The highest BCUT2D eigenvalue weighted by Crippen LogP contribution is 2.42. The minimum absolute atomic E-state index is 0.0185. The summed E-state index contributed by atoms with van der Waals surface area (Å²) in [4.78, 5) is 9.38. The molecule has 33 heavy (non-hydrogen) atoms. The van der Waals surface area contributed by atoms with Crippen LogP contribution >= 0.6 is 7.82 Å². The summed E-state index contributed by atoms with van der Waals surface area (Å²) in [6.07, 6.45) is 19.7. The van der Waals surface area contributed by atoms with Gasteiger partial charge >= 0.3 is 7.82 Å². The maximum atomic E-state index is 11.5. The van der Waals surface area contributed by atoms with E-state index >= 15 is 0 Å². The predicted octanol–water partition coefficient (Wildman–Crippen LogP) is 5.12. The van der Waals surface area contributed by atoms with Crippen molar-refractivity contribution in [1.29, 1.82) is 0 Å². The summed E-state index contributed by atoms with van der Waals surface area (Å²) in [7, 11) is -2.54. The van der Waals surface area contributed by atoms with Crippen molar-refractivity contribution in [3.05, 3.63) is 12.2 Å². The molecule has 0 aliphatic rings. The van der Waals surface area contributed by atoms with Gasteiger partial charge in [0.25, 0.3) is 0 Å². The lowest BCUT2D eigenvalue weighted by Gasteiger charge is -2.18. The van der Waals surface area contributed by atoms with Gasteiger partial charge in [-0.05, 0) is 32.1 Å². The highest BCUT2D eigenvalue weighted by molar-refractivity contribution is 7.47. The number of rotatable bonds is 25. The third-order valence-corrected chi connectivity index (χ3v) is 6.27. The van der Waals surface area contributed by atoms with Crippen molar-refractivity contribution in [2.45, 2.75) is 103 Å². The van der Waals surface area contributed by atoms with Gasteiger partial charge in [-0.2, -0.15) is 0 Å². The first-order chi connectivity index (χ1) is 15.9. The number of allylic oxidation sites excluding steroid dienone is 2. The maximum absolute atomic E-state index is 11.5. The highest BCUT2D eigenvalue weighted by Gasteiger charge is 2.22. The Balaban J connectivity index is 3.64. The molecule has 198 valence electrons. The Morgan fingerprint density at radius 3 is 2.09 bits per heavy atom. The van der Waals surface area contributed by atoms with Gasteiger partial charge in [-0.1, -0.05) is 70.4 Å². The third-order valence-electron chi connectivity index (χ3n) is 5.29.